The van der Waals surface area contributed by atoms with Crippen LogP contribution in [0.5, 0.6) is 5.75 Å². The molecule has 0 spiro atoms. The van der Waals surface area contributed by atoms with Gasteiger partial charge in [-0.1, -0.05) is 20.8 Å². The number of hydrogen-bond acceptors (Lipinski definition) is 4. The summed E-state index contributed by atoms with van der Waals surface area (Å²) in [5.41, 5.74) is 1.02. The van der Waals surface area contributed by atoms with Gasteiger partial charge >= 0.3 is 0 Å². The van der Waals surface area contributed by atoms with Gasteiger partial charge in [-0.05, 0) is 37.8 Å². The fraction of sp³-hybridized carbons (Fsp3) is 0.625. The van der Waals surface area contributed by atoms with Crippen molar-refractivity contribution in [3.05, 3.63) is 33.9 Å². The first-order chi connectivity index (χ1) is 10.0. The molecule has 0 aliphatic rings. The van der Waals surface area contributed by atoms with Crippen molar-refractivity contribution >= 4 is 5.69 Å². The number of rotatable bonds is 9. The Balaban J connectivity index is 2.88. The zero-order chi connectivity index (χ0) is 15.8. The van der Waals surface area contributed by atoms with Crippen LogP contribution < -0.4 is 10.1 Å². The number of nitro benzene ring substituents is 1. The molecule has 0 amide bonds. The second-order valence-electron chi connectivity index (χ2n) is 5.40. The van der Waals surface area contributed by atoms with E-state index in [1.54, 1.807) is 19.2 Å². The highest BCUT2D eigenvalue weighted by molar-refractivity contribution is 5.44. The molecular formula is C16H26N2O3. The summed E-state index contributed by atoms with van der Waals surface area (Å²) < 4.78 is 5.33. The van der Waals surface area contributed by atoms with E-state index < -0.39 is 0 Å². The Morgan fingerprint density at radius 3 is 2.62 bits per heavy atom. The Bertz CT molecular complexity index is 463. The van der Waals surface area contributed by atoms with Crippen LogP contribution in [0, 0.1) is 16.0 Å². The zero-order valence-electron chi connectivity index (χ0n) is 13.4. The normalized spacial score (nSPS) is 13.7. The molecule has 2 unspecified atom stereocenters. The number of methoxy groups -OCH3 is 1. The van der Waals surface area contributed by atoms with E-state index >= 15 is 0 Å². The minimum absolute atomic E-state index is 0.118. The molecular weight excluding hydrogens is 268 g/mol. The topological polar surface area (TPSA) is 64.4 Å². The molecule has 0 saturated carbocycles. The Morgan fingerprint density at radius 2 is 2.10 bits per heavy atom. The molecule has 5 nitrogen and oxygen atoms in total. The lowest BCUT2D eigenvalue weighted by Crippen LogP contribution is -2.35. The van der Waals surface area contributed by atoms with Crippen LogP contribution in [0.15, 0.2) is 18.2 Å². The monoisotopic (exact) mass is 294 g/mol. The number of nitrogens with zero attached hydrogens (tertiary/aromatic N) is 1. The van der Waals surface area contributed by atoms with E-state index in [-0.39, 0.29) is 10.6 Å². The lowest BCUT2D eigenvalue weighted by Gasteiger charge is -2.24. The molecule has 5 heteroatoms. The summed E-state index contributed by atoms with van der Waals surface area (Å²) in [5, 5.41) is 14.5. The first kappa shape index (κ1) is 17.4. The lowest BCUT2D eigenvalue weighted by molar-refractivity contribution is -0.384. The van der Waals surface area contributed by atoms with Crippen molar-refractivity contribution in [1.29, 1.82) is 0 Å². The van der Waals surface area contributed by atoms with E-state index in [0.717, 1.165) is 37.1 Å². The largest absolute Gasteiger partial charge is 0.496 e. The molecule has 0 bridgehead atoms. The first-order valence-corrected chi connectivity index (χ1v) is 7.58. The number of benzene rings is 1. The Kier molecular flexibility index (Phi) is 7.15. The third-order valence-corrected chi connectivity index (χ3v) is 3.80. The molecule has 0 aliphatic carbocycles. The number of nitro groups is 1. The molecule has 2 atom stereocenters. The van der Waals surface area contributed by atoms with Crippen molar-refractivity contribution < 1.29 is 9.66 Å². The summed E-state index contributed by atoms with van der Waals surface area (Å²) in [6.07, 6.45) is 2.90. The van der Waals surface area contributed by atoms with Gasteiger partial charge in [0.15, 0.2) is 0 Å². The van der Waals surface area contributed by atoms with Crippen molar-refractivity contribution in [2.75, 3.05) is 13.7 Å². The van der Waals surface area contributed by atoms with Crippen LogP contribution in [-0.4, -0.2) is 24.6 Å². The van der Waals surface area contributed by atoms with Gasteiger partial charge in [-0.15, -0.1) is 0 Å². The van der Waals surface area contributed by atoms with Crippen molar-refractivity contribution in [1.82, 2.24) is 5.32 Å². The van der Waals surface area contributed by atoms with Gasteiger partial charge < -0.3 is 10.1 Å². The molecule has 1 aromatic carbocycles. The number of nitrogens with one attached hydrogen (secondary N) is 1. The third-order valence-electron chi connectivity index (χ3n) is 3.80. The van der Waals surface area contributed by atoms with Crippen LogP contribution >= 0.6 is 0 Å². The second-order valence-corrected chi connectivity index (χ2v) is 5.40. The van der Waals surface area contributed by atoms with Crippen molar-refractivity contribution in [2.45, 2.75) is 46.1 Å². The van der Waals surface area contributed by atoms with E-state index in [1.807, 2.05) is 0 Å². The average molecular weight is 294 g/mol. The van der Waals surface area contributed by atoms with Crippen LogP contribution in [0.4, 0.5) is 5.69 Å². The maximum Gasteiger partial charge on any atom is 0.269 e. The summed E-state index contributed by atoms with van der Waals surface area (Å²) >= 11 is 0. The van der Waals surface area contributed by atoms with Gasteiger partial charge in [0, 0.05) is 23.7 Å². The molecule has 1 N–H and O–H groups in total. The smallest absolute Gasteiger partial charge is 0.269 e. The van der Waals surface area contributed by atoms with E-state index in [9.17, 15) is 10.1 Å². The fourth-order valence-corrected chi connectivity index (χ4v) is 2.60. The Hall–Kier alpha value is -1.62. The lowest BCUT2D eigenvalue weighted by atomic mass is 9.91. The number of non-ortho nitro benzene ring substituents is 1. The van der Waals surface area contributed by atoms with Crippen LogP contribution in [0.3, 0.4) is 0 Å². The van der Waals surface area contributed by atoms with E-state index in [1.165, 1.54) is 6.07 Å². The molecule has 0 heterocycles. The van der Waals surface area contributed by atoms with Gasteiger partial charge in [0.1, 0.15) is 5.75 Å². The number of hydrogen-bond donors (Lipinski definition) is 1. The Morgan fingerprint density at radius 1 is 1.38 bits per heavy atom. The first-order valence-electron chi connectivity index (χ1n) is 7.58. The standard InChI is InChI=1S/C16H26N2O3/c1-5-9-17-15(6-2)12(3)10-13-11-14(18(19)20)7-8-16(13)21-4/h7-8,11-12,15,17H,5-6,9-10H2,1-4H3. The fourth-order valence-electron chi connectivity index (χ4n) is 2.60. The van der Waals surface area contributed by atoms with Crippen LogP contribution in [0.25, 0.3) is 0 Å². The van der Waals surface area contributed by atoms with Crippen LogP contribution in [-0.2, 0) is 6.42 Å². The van der Waals surface area contributed by atoms with Crippen molar-refractivity contribution in [3.63, 3.8) is 0 Å². The predicted octanol–water partition coefficient (Wildman–Crippen LogP) is 3.56. The molecule has 0 radical (unpaired) electrons. The highest BCUT2D eigenvalue weighted by Gasteiger charge is 2.19. The highest BCUT2D eigenvalue weighted by atomic mass is 16.6. The van der Waals surface area contributed by atoms with E-state index in [2.05, 4.69) is 26.1 Å². The molecule has 0 aromatic heterocycles. The van der Waals surface area contributed by atoms with Crippen molar-refractivity contribution in [2.24, 2.45) is 5.92 Å². The molecule has 1 aromatic rings. The summed E-state index contributed by atoms with van der Waals surface area (Å²) in [4.78, 5) is 10.6. The second kappa shape index (κ2) is 8.62. The molecule has 21 heavy (non-hydrogen) atoms. The summed E-state index contributed by atoms with van der Waals surface area (Å²) in [5.74, 6) is 1.11. The van der Waals surface area contributed by atoms with Gasteiger partial charge in [-0.3, -0.25) is 10.1 Å². The number of ether oxygens (including phenoxy) is 1. The van der Waals surface area contributed by atoms with Gasteiger partial charge in [0.25, 0.3) is 5.69 Å². The minimum atomic E-state index is -0.361. The molecule has 0 saturated heterocycles. The molecule has 0 fully saturated rings. The maximum absolute atomic E-state index is 10.9. The summed E-state index contributed by atoms with van der Waals surface area (Å²) in [6, 6.07) is 5.20. The van der Waals surface area contributed by atoms with Crippen molar-refractivity contribution in [3.8, 4) is 5.75 Å². The van der Waals surface area contributed by atoms with Crippen LogP contribution in [0.2, 0.25) is 0 Å². The maximum atomic E-state index is 10.9. The summed E-state index contributed by atoms with van der Waals surface area (Å²) in [7, 11) is 1.60. The van der Waals surface area contributed by atoms with Crippen LogP contribution in [0.1, 0.15) is 39.2 Å². The van der Waals surface area contributed by atoms with E-state index in [4.69, 9.17) is 4.74 Å². The van der Waals surface area contributed by atoms with E-state index in [0.29, 0.717) is 12.0 Å². The predicted molar refractivity (Wildman–Crippen MR) is 84.9 cm³/mol. The highest BCUT2D eigenvalue weighted by Crippen LogP contribution is 2.27. The van der Waals surface area contributed by atoms with Gasteiger partial charge in [0.05, 0.1) is 12.0 Å². The SMILES string of the molecule is CCCNC(CC)C(C)Cc1cc([N+](=O)[O-])ccc1OC. The van der Waals surface area contributed by atoms with Gasteiger partial charge in [0.2, 0.25) is 0 Å². The minimum Gasteiger partial charge on any atom is -0.496 e. The molecule has 118 valence electrons. The molecule has 1 rings (SSSR count). The third kappa shape index (κ3) is 5.01. The van der Waals surface area contributed by atoms with Gasteiger partial charge in [-0.25, -0.2) is 0 Å². The summed E-state index contributed by atoms with van der Waals surface area (Å²) in [6.45, 7) is 7.48. The zero-order valence-corrected chi connectivity index (χ0v) is 13.4. The van der Waals surface area contributed by atoms with Gasteiger partial charge in [-0.2, -0.15) is 0 Å². The quantitative estimate of drug-likeness (QED) is 0.558. The Labute approximate surface area is 126 Å². The average Bonchev–Trinajstić information content (AvgIpc) is 2.47. The molecule has 0 aliphatic heterocycles.